The lowest BCUT2D eigenvalue weighted by molar-refractivity contribution is -0.137. The van der Waals surface area contributed by atoms with Crippen molar-refractivity contribution >= 4 is 17.6 Å². The molecule has 8 heteroatoms. The molecule has 0 heterocycles. The van der Waals surface area contributed by atoms with E-state index in [9.17, 15) is 18.4 Å². The number of ether oxygens (including phenoxy) is 1. The van der Waals surface area contributed by atoms with Gasteiger partial charge in [-0.05, 0) is 38.3 Å². The number of hydrogen-bond acceptors (Lipinski definition) is 5. The van der Waals surface area contributed by atoms with Gasteiger partial charge < -0.3 is 16.2 Å². The van der Waals surface area contributed by atoms with Crippen molar-refractivity contribution in [3.8, 4) is 0 Å². The van der Waals surface area contributed by atoms with E-state index in [0.717, 1.165) is 37.5 Å². The molecule has 4 N–H and O–H groups in total. The van der Waals surface area contributed by atoms with Crippen molar-refractivity contribution in [3.63, 3.8) is 0 Å². The SMILES string of the molecule is CC(N)=C(C(=O)OCC(=O)c1c(F)cccc1F)C(N)=NC1CCC1. The average molecular weight is 351 g/mol. The number of benzene rings is 1. The van der Waals surface area contributed by atoms with Gasteiger partial charge in [-0.3, -0.25) is 9.79 Å². The lowest BCUT2D eigenvalue weighted by Crippen LogP contribution is -2.30. The normalized spacial score (nSPS) is 16.0. The summed E-state index contributed by atoms with van der Waals surface area (Å²) in [6.45, 7) is 0.599. The van der Waals surface area contributed by atoms with Gasteiger partial charge in [-0.1, -0.05) is 6.07 Å². The molecule has 0 bridgehead atoms. The van der Waals surface area contributed by atoms with Gasteiger partial charge >= 0.3 is 5.97 Å². The average Bonchev–Trinajstić information content (AvgIpc) is 2.48. The van der Waals surface area contributed by atoms with Gasteiger partial charge in [-0.15, -0.1) is 0 Å². The molecule has 0 atom stereocenters. The first kappa shape index (κ1) is 18.6. The summed E-state index contributed by atoms with van der Waals surface area (Å²) in [6.07, 6.45) is 2.78. The second kappa shape index (κ2) is 7.87. The number of carbonyl (C=O) groups excluding carboxylic acids is 2. The lowest BCUT2D eigenvalue weighted by Gasteiger charge is -2.22. The molecule has 0 spiro atoms. The Morgan fingerprint density at radius 1 is 1.24 bits per heavy atom. The van der Waals surface area contributed by atoms with E-state index in [-0.39, 0.29) is 23.1 Å². The number of amidine groups is 1. The summed E-state index contributed by atoms with van der Waals surface area (Å²) in [5.41, 5.74) is 10.6. The van der Waals surface area contributed by atoms with Crippen LogP contribution in [0.25, 0.3) is 0 Å². The number of halogens is 2. The highest BCUT2D eigenvalue weighted by Crippen LogP contribution is 2.22. The molecule has 2 rings (SSSR count). The van der Waals surface area contributed by atoms with Gasteiger partial charge in [0.1, 0.15) is 23.0 Å². The summed E-state index contributed by atoms with van der Waals surface area (Å²) < 4.78 is 31.9. The van der Waals surface area contributed by atoms with Crippen LogP contribution in [0.3, 0.4) is 0 Å². The number of nitrogens with zero attached hydrogens (tertiary/aromatic N) is 1. The summed E-state index contributed by atoms with van der Waals surface area (Å²) >= 11 is 0. The second-order valence-corrected chi connectivity index (χ2v) is 5.75. The minimum Gasteiger partial charge on any atom is -0.454 e. The standard InChI is InChI=1S/C17H19F2N3O3/c1-9(20)14(16(21)22-10-4-2-5-10)17(24)25-8-13(23)15-11(18)6-3-7-12(15)19/h3,6-7,10H,2,4-5,8,20H2,1H3,(H2,21,22). The van der Waals surface area contributed by atoms with Crippen molar-refractivity contribution in [1.82, 2.24) is 0 Å². The van der Waals surface area contributed by atoms with Crippen LogP contribution in [0.15, 0.2) is 34.5 Å². The van der Waals surface area contributed by atoms with Crippen molar-refractivity contribution in [2.75, 3.05) is 6.61 Å². The van der Waals surface area contributed by atoms with Crippen molar-refractivity contribution in [2.24, 2.45) is 16.5 Å². The monoisotopic (exact) mass is 351 g/mol. The Labute approximate surface area is 143 Å². The smallest absolute Gasteiger partial charge is 0.344 e. The fourth-order valence-electron chi connectivity index (χ4n) is 2.28. The number of Topliss-reactive ketones (excluding diaryl/α,β-unsaturated/α-hetero) is 1. The van der Waals surface area contributed by atoms with E-state index in [4.69, 9.17) is 16.2 Å². The zero-order chi connectivity index (χ0) is 18.6. The van der Waals surface area contributed by atoms with E-state index in [0.29, 0.717) is 0 Å². The Morgan fingerprint density at radius 3 is 2.32 bits per heavy atom. The van der Waals surface area contributed by atoms with Crippen LogP contribution < -0.4 is 11.5 Å². The first-order valence-corrected chi connectivity index (χ1v) is 7.75. The maximum atomic E-state index is 13.6. The highest BCUT2D eigenvalue weighted by molar-refractivity contribution is 6.19. The number of carbonyl (C=O) groups is 2. The van der Waals surface area contributed by atoms with E-state index < -0.39 is 35.6 Å². The number of ketones is 1. The first-order valence-electron chi connectivity index (χ1n) is 7.75. The predicted molar refractivity (Wildman–Crippen MR) is 87.8 cm³/mol. The number of hydrogen-bond donors (Lipinski definition) is 2. The molecule has 1 aliphatic rings. The first-order chi connectivity index (χ1) is 11.8. The van der Waals surface area contributed by atoms with E-state index in [1.807, 2.05) is 0 Å². The Bertz CT molecular complexity index is 731. The molecular formula is C17H19F2N3O3. The Kier molecular flexibility index (Phi) is 5.84. The zero-order valence-electron chi connectivity index (χ0n) is 13.7. The molecule has 1 aliphatic carbocycles. The zero-order valence-corrected chi connectivity index (χ0v) is 13.7. The van der Waals surface area contributed by atoms with Gasteiger partial charge in [0.15, 0.2) is 6.61 Å². The molecule has 1 fully saturated rings. The number of nitrogens with two attached hydrogens (primary N) is 2. The van der Waals surface area contributed by atoms with Crippen molar-refractivity contribution < 1.29 is 23.1 Å². The summed E-state index contributed by atoms with van der Waals surface area (Å²) in [5.74, 6) is -4.10. The van der Waals surface area contributed by atoms with Crippen LogP contribution in [-0.2, 0) is 9.53 Å². The highest BCUT2D eigenvalue weighted by Gasteiger charge is 2.24. The molecular weight excluding hydrogens is 332 g/mol. The fraction of sp³-hybridized carbons (Fsp3) is 0.353. The van der Waals surface area contributed by atoms with Crippen LogP contribution >= 0.6 is 0 Å². The molecule has 0 aliphatic heterocycles. The molecule has 0 aromatic heterocycles. The van der Waals surface area contributed by atoms with Gasteiger partial charge in [0, 0.05) is 5.70 Å². The van der Waals surface area contributed by atoms with Gasteiger partial charge in [-0.2, -0.15) is 0 Å². The Hall–Kier alpha value is -2.77. The molecule has 1 saturated carbocycles. The van der Waals surface area contributed by atoms with E-state index in [1.54, 1.807) is 0 Å². The van der Waals surface area contributed by atoms with Gasteiger partial charge in [0.2, 0.25) is 5.78 Å². The molecule has 0 unspecified atom stereocenters. The van der Waals surface area contributed by atoms with Crippen LogP contribution in [0.5, 0.6) is 0 Å². The largest absolute Gasteiger partial charge is 0.454 e. The Morgan fingerprint density at radius 2 is 1.84 bits per heavy atom. The third-order valence-electron chi connectivity index (χ3n) is 3.83. The van der Waals surface area contributed by atoms with Crippen molar-refractivity contribution in [1.29, 1.82) is 0 Å². The number of esters is 1. The topological polar surface area (TPSA) is 108 Å². The molecule has 6 nitrogen and oxygen atoms in total. The summed E-state index contributed by atoms with van der Waals surface area (Å²) in [5, 5.41) is 0. The number of aliphatic imine (C=N–C) groups is 1. The minimum atomic E-state index is -1.03. The van der Waals surface area contributed by atoms with Gasteiger partial charge in [-0.25, -0.2) is 13.6 Å². The van der Waals surface area contributed by atoms with E-state index >= 15 is 0 Å². The molecule has 1 aromatic carbocycles. The molecule has 0 amide bonds. The maximum absolute atomic E-state index is 13.6. The van der Waals surface area contributed by atoms with Crippen LogP contribution in [0.4, 0.5) is 8.78 Å². The van der Waals surface area contributed by atoms with Crippen molar-refractivity contribution in [3.05, 3.63) is 46.7 Å². The third-order valence-corrected chi connectivity index (χ3v) is 3.83. The number of allylic oxidation sites excluding steroid dienone is 1. The van der Waals surface area contributed by atoms with Crippen LogP contribution in [0, 0.1) is 11.6 Å². The molecule has 0 radical (unpaired) electrons. The van der Waals surface area contributed by atoms with Crippen LogP contribution in [0.2, 0.25) is 0 Å². The minimum absolute atomic E-state index is 0.0382. The molecule has 1 aromatic rings. The summed E-state index contributed by atoms with van der Waals surface area (Å²) in [6, 6.07) is 3.05. The van der Waals surface area contributed by atoms with Gasteiger partial charge in [0.25, 0.3) is 0 Å². The quantitative estimate of drug-likeness (QED) is 0.267. The summed E-state index contributed by atoms with van der Waals surface area (Å²) in [7, 11) is 0. The van der Waals surface area contributed by atoms with Crippen molar-refractivity contribution in [2.45, 2.75) is 32.2 Å². The summed E-state index contributed by atoms with van der Waals surface area (Å²) in [4.78, 5) is 28.3. The third kappa shape index (κ3) is 4.40. The predicted octanol–water partition coefficient (Wildman–Crippen LogP) is 1.83. The molecule has 25 heavy (non-hydrogen) atoms. The number of rotatable bonds is 6. The molecule has 134 valence electrons. The molecule has 0 saturated heterocycles. The fourth-order valence-corrected chi connectivity index (χ4v) is 2.28. The van der Waals surface area contributed by atoms with Crippen LogP contribution in [-0.4, -0.2) is 30.2 Å². The van der Waals surface area contributed by atoms with Gasteiger partial charge in [0.05, 0.1) is 11.6 Å². The maximum Gasteiger partial charge on any atom is 0.344 e. The highest BCUT2D eigenvalue weighted by atomic mass is 19.1. The Balaban J connectivity index is 2.08. The lowest BCUT2D eigenvalue weighted by atomic mass is 9.94. The van der Waals surface area contributed by atoms with E-state index in [1.165, 1.54) is 6.92 Å². The van der Waals surface area contributed by atoms with E-state index in [2.05, 4.69) is 4.99 Å². The second-order valence-electron chi connectivity index (χ2n) is 5.75. The van der Waals surface area contributed by atoms with Crippen LogP contribution in [0.1, 0.15) is 36.5 Å².